The highest BCUT2D eigenvalue weighted by Gasteiger charge is 2.52. The lowest BCUT2D eigenvalue weighted by Gasteiger charge is -2.43. The van der Waals surface area contributed by atoms with Crippen molar-refractivity contribution in [1.82, 2.24) is 4.57 Å². The second-order valence-electron chi connectivity index (χ2n) is 19.0. The molecule has 11 aromatic rings. The van der Waals surface area contributed by atoms with Gasteiger partial charge < -0.3 is 9.47 Å². The maximum Gasteiger partial charge on any atom is 0.0729 e. The fourth-order valence-electron chi connectivity index (χ4n) is 12.8. The van der Waals surface area contributed by atoms with E-state index in [2.05, 4.69) is 234 Å². The summed E-state index contributed by atoms with van der Waals surface area (Å²) < 4.78 is 2.43. The van der Waals surface area contributed by atoms with Gasteiger partial charge in [-0.25, -0.2) is 0 Å². The summed E-state index contributed by atoms with van der Waals surface area (Å²) in [5.74, 6) is 0.519. The standard InChI is InChI=1S/C65H48N2/c1-4-17-43(18-5-1)44-31-34-48(35-32-44)66(50-37-40-56-55-26-12-15-30-61(55)67(62(56)42-50)47-22-8-3-9-23-47)49-36-39-54-52-24-10-13-28-58(52)65(60(54)41-49)59-29-14-11-25-53(59)57-27-16-21-46-33-38-51(64(65)63(46)57)45-19-6-2-7-20-45/h1,3-5,8-18,21-42,45H,2,6-7,19-20H2. The lowest BCUT2D eigenvalue weighted by Crippen LogP contribution is -2.34. The lowest BCUT2D eigenvalue weighted by atomic mass is 9.59. The van der Waals surface area contributed by atoms with Gasteiger partial charge >= 0.3 is 0 Å². The zero-order chi connectivity index (χ0) is 44.1. The predicted molar refractivity (Wildman–Crippen MR) is 281 cm³/mol. The average molecular weight is 857 g/mol. The number of nitrogens with zero attached hydrogens (tertiary/aromatic N) is 2. The van der Waals surface area contributed by atoms with Gasteiger partial charge in [-0.1, -0.05) is 189 Å². The topological polar surface area (TPSA) is 8.17 Å². The van der Waals surface area contributed by atoms with Gasteiger partial charge in [-0.2, -0.15) is 0 Å². The van der Waals surface area contributed by atoms with Crippen molar-refractivity contribution >= 4 is 49.6 Å². The summed E-state index contributed by atoms with van der Waals surface area (Å²) in [7, 11) is 0. The molecule has 67 heavy (non-hydrogen) atoms. The van der Waals surface area contributed by atoms with Crippen molar-refractivity contribution in [3.05, 3.63) is 252 Å². The van der Waals surface area contributed by atoms with Crippen LogP contribution in [0.4, 0.5) is 17.1 Å². The fourth-order valence-corrected chi connectivity index (χ4v) is 12.8. The van der Waals surface area contributed by atoms with E-state index in [1.165, 1.54) is 126 Å². The molecule has 0 N–H and O–H groups in total. The Kier molecular flexibility index (Phi) is 8.61. The molecule has 0 bridgehead atoms. The first kappa shape index (κ1) is 38.3. The van der Waals surface area contributed by atoms with E-state index in [1.54, 1.807) is 0 Å². The second-order valence-corrected chi connectivity index (χ2v) is 19.0. The Balaban J connectivity index is 1.06. The van der Waals surface area contributed by atoms with Gasteiger partial charge in [0, 0.05) is 33.5 Å². The molecule has 10 aromatic carbocycles. The third-order valence-corrected chi connectivity index (χ3v) is 15.6. The molecule has 1 fully saturated rings. The van der Waals surface area contributed by atoms with Crippen molar-refractivity contribution in [2.24, 2.45) is 0 Å². The molecule has 14 rings (SSSR count). The van der Waals surface area contributed by atoms with Gasteiger partial charge in [0.1, 0.15) is 0 Å². The van der Waals surface area contributed by atoms with Crippen LogP contribution in [0, 0.1) is 0 Å². The van der Waals surface area contributed by atoms with E-state index in [-0.39, 0.29) is 0 Å². The number of rotatable bonds is 6. The molecule has 1 heterocycles. The second kappa shape index (κ2) is 15.1. The normalized spacial score (nSPS) is 16.1. The highest BCUT2D eigenvalue weighted by atomic mass is 15.1. The van der Waals surface area contributed by atoms with Crippen molar-refractivity contribution in [3.8, 4) is 39.1 Å². The molecule has 0 saturated heterocycles. The van der Waals surface area contributed by atoms with Crippen LogP contribution in [0.3, 0.4) is 0 Å². The van der Waals surface area contributed by atoms with Gasteiger partial charge in [-0.05, 0) is 145 Å². The van der Waals surface area contributed by atoms with Gasteiger partial charge in [0.25, 0.3) is 0 Å². The Morgan fingerprint density at radius 2 is 1.00 bits per heavy atom. The summed E-state index contributed by atoms with van der Waals surface area (Å²) in [5.41, 5.74) is 21.3. The monoisotopic (exact) mass is 856 g/mol. The van der Waals surface area contributed by atoms with Gasteiger partial charge in [0.2, 0.25) is 0 Å². The SMILES string of the molecule is c1ccc(-c2ccc(N(c3ccc4c(c3)C3(c5ccccc5-4)c4ccccc4-c4cccc5ccc(C6CCCCC6)c3c45)c3ccc4c5ccccc5n(-c5ccccc5)c4c3)cc2)cc1. The van der Waals surface area contributed by atoms with Crippen molar-refractivity contribution in [1.29, 1.82) is 0 Å². The van der Waals surface area contributed by atoms with Crippen LogP contribution in [-0.2, 0) is 5.41 Å². The maximum absolute atomic E-state index is 2.57. The molecule has 1 spiro atoms. The van der Waals surface area contributed by atoms with Crippen LogP contribution in [0.5, 0.6) is 0 Å². The Hall–Kier alpha value is -7.94. The Morgan fingerprint density at radius 3 is 1.79 bits per heavy atom. The van der Waals surface area contributed by atoms with Crippen molar-refractivity contribution in [2.45, 2.75) is 43.4 Å². The molecule has 0 aliphatic heterocycles. The first-order chi connectivity index (χ1) is 33.3. The highest BCUT2D eigenvalue weighted by molar-refractivity contribution is 6.11. The van der Waals surface area contributed by atoms with Crippen LogP contribution < -0.4 is 4.90 Å². The number of fused-ring (bicyclic) bond motifs is 12. The number of para-hydroxylation sites is 2. The molecule has 2 nitrogen and oxygen atoms in total. The minimum absolute atomic E-state index is 0.519. The molecule has 1 unspecified atom stereocenters. The van der Waals surface area contributed by atoms with Crippen LogP contribution >= 0.6 is 0 Å². The third-order valence-electron chi connectivity index (χ3n) is 15.6. The van der Waals surface area contributed by atoms with Crippen LogP contribution in [-0.4, -0.2) is 4.57 Å². The van der Waals surface area contributed by atoms with E-state index >= 15 is 0 Å². The quantitative estimate of drug-likeness (QED) is 0.162. The van der Waals surface area contributed by atoms with E-state index in [4.69, 9.17) is 0 Å². The summed E-state index contributed by atoms with van der Waals surface area (Å²) in [6.07, 6.45) is 6.38. The third kappa shape index (κ3) is 5.63. The Bertz CT molecular complexity index is 3720. The van der Waals surface area contributed by atoms with Crippen LogP contribution in [0.1, 0.15) is 65.8 Å². The first-order valence-corrected chi connectivity index (χ1v) is 24.2. The summed E-state index contributed by atoms with van der Waals surface area (Å²) >= 11 is 0. The van der Waals surface area contributed by atoms with Crippen LogP contribution in [0.15, 0.2) is 224 Å². The van der Waals surface area contributed by atoms with Crippen molar-refractivity contribution in [3.63, 3.8) is 0 Å². The van der Waals surface area contributed by atoms with Gasteiger partial charge in [0.15, 0.2) is 0 Å². The van der Waals surface area contributed by atoms with E-state index < -0.39 is 5.41 Å². The van der Waals surface area contributed by atoms with E-state index in [1.807, 2.05) is 0 Å². The number of anilines is 3. The molecule has 318 valence electrons. The number of aromatic nitrogens is 1. The average Bonchev–Trinajstić information content (AvgIpc) is 3.89. The minimum atomic E-state index is -0.522. The van der Waals surface area contributed by atoms with Gasteiger partial charge in [0.05, 0.1) is 16.4 Å². The highest BCUT2D eigenvalue weighted by Crippen LogP contribution is 2.64. The Labute approximate surface area is 392 Å². The molecular formula is C65H48N2. The molecule has 1 aromatic heterocycles. The summed E-state index contributed by atoms with van der Waals surface area (Å²) in [6, 6.07) is 84.7. The lowest BCUT2D eigenvalue weighted by molar-refractivity contribution is 0.440. The number of hydrogen-bond donors (Lipinski definition) is 0. The number of benzene rings is 10. The molecule has 0 amide bonds. The van der Waals surface area contributed by atoms with Gasteiger partial charge in [-0.3, -0.25) is 0 Å². The maximum atomic E-state index is 2.57. The number of hydrogen-bond acceptors (Lipinski definition) is 1. The molecule has 3 aliphatic rings. The van der Waals surface area contributed by atoms with Crippen LogP contribution in [0.2, 0.25) is 0 Å². The summed E-state index contributed by atoms with van der Waals surface area (Å²) in [4.78, 5) is 2.50. The van der Waals surface area contributed by atoms with Crippen LogP contribution in [0.25, 0.3) is 71.6 Å². The largest absolute Gasteiger partial charge is 0.310 e. The minimum Gasteiger partial charge on any atom is -0.310 e. The summed E-state index contributed by atoms with van der Waals surface area (Å²) in [5, 5.41) is 5.24. The molecule has 2 heteroatoms. The predicted octanol–water partition coefficient (Wildman–Crippen LogP) is 17.5. The zero-order valence-corrected chi connectivity index (χ0v) is 37.4. The zero-order valence-electron chi connectivity index (χ0n) is 37.4. The fraction of sp³-hybridized carbons (Fsp3) is 0.108. The molecule has 0 radical (unpaired) electrons. The van der Waals surface area contributed by atoms with Crippen molar-refractivity contribution < 1.29 is 0 Å². The van der Waals surface area contributed by atoms with E-state index in [9.17, 15) is 0 Å². The molecular weight excluding hydrogens is 809 g/mol. The van der Waals surface area contributed by atoms with E-state index in [0.717, 1.165) is 22.7 Å². The molecule has 1 saturated carbocycles. The van der Waals surface area contributed by atoms with Gasteiger partial charge in [-0.15, -0.1) is 0 Å². The Morgan fingerprint density at radius 1 is 0.403 bits per heavy atom. The summed E-state index contributed by atoms with van der Waals surface area (Å²) in [6.45, 7) is 0. The molecule has 1 atom stereocenters. The van der Waals surface area contributed by atoms with Crippen molar-refractivity contribution in [2.75, 3.05) is 4.90 Å². The van der Waals surface area contributed by atoms with E-state index in [0.29, 0.717) is 5.92 Å². The smallest absolute Gasteiger partial charge is 0.0729 e. The molecule has 3 aliphatic carbocycles. The first-order valence-electron chi connectivity index (χ1n) is 24.2.